The van der Waals surface area contributed by atoms with Gasteiger partial charge in [-0.15, -0.1) is 0 Å². The highest BCUT2D eigenvalue weighted by atomic mass is 16.1. The fourth-order valence-electron chi connectivity index (χ4n) is 2.78. The number of amides is 1. The molecule has 0 atom stereocenters. The van der Waals surface area contributed by atoms with Gasteiger partial charge in [0.2, 0.25) is 5.91 Å². The Balaban J connectivity index is 1.57. The zero-order valence-electron chi connectivity index (χ0n) is 14.3. The lowest BCUT2D eigenvalue weighted by molar-refractivity contribution is -0.118. The lowest BCUT2D eigenvalue weighted by Crippen LogP contribution is -2.46. The largest absolute Gasteiger partial charge is 0.368 e. The number of hydrogen-bond donors (Lipinski definition) is 1. The number of anilines is 3. The second-order valence-electron chi connectivity index (χ2n) is 6.36. The lowest BCUT2D eigenvalue weighted by atomic mass is 10.2. The van der Waals surface area contributed by atoms with Crippen LogP contribution in [0, 0.1) is 5.92 Å². The van der Waals surface area contributed by atoms with Crippen molar-refractivity contribution >= 4 is 23.1 Å². The van der Waals surface area contributed by atoms with E-state index in [0.29, 0.717) is 5.82 Å². The van der Waals surface area contributed by atoms with Crippen molar-refractivity contribution in [2.45, 2.75) is 13.8 Å². The first kappa shape index (κ1) is 16.3. The van der Waals surface area contributed by atoms with Crippen LogP contribution in [0.5, 0.6) is 0 Å². The maximum absolute atomic E-state index is 11.7. The third-order valence-electron chi connectivity index (χ3n) is 4.29. The second-order valence-corrected chi connectivity index (χ2v) is 6.36. The number of rotatable bonds is 4. The van der Waals surface area contributed by atoms with E-state index in [2.05, 4.69) is 44.4 Å². The van der Waals surface area contributed by atoms with Crippen molar-refractivity contribution in [2.75, 3.05) is 41.3 Å². The van der Waals surface area contributed by atoms with Crippen LogP contribution in [0.1, 0.15) is 13.8 Å². The molecule has 5 nitrogen and oxygen atoms in total. The Morgan fingerprint density at radius 3 is 2.12 bits per heavy atom. The summed E-state index contributed by atoms with van der Waals surface area (Å²) in [5.41, 5.74) is 2.38. The van der Waals surface area contributed by atoms with Crippen LogP contribution in [-0.4, -0.2) is 37.1 Å². The molecule has 1 aromatic carbocycles. The zero-order valence-corrected chi connectivity index (χ0v) is 14.3. The number of carbonyl (C=O) groups is 1. The Bertz CT molecular complexity index is 662. The third kappa shape index (κ3) is 3.85. The quantitative estimate of drug-likeness (QED) is 0.939. The molecule has 1 saturated heterocycles. The van der Waals surface area contributed by atoms with Gasteiger partial charge >= 0.3 is 0 Å². The first-order valence-electron chi connectivity index (χ1n) is 8.45. The molecule has 1 aliphatic heterocycles. The molecule has 2 heterocycles. The molecule has 0 unspecified atom stereocenters. The fraction of sp³-hybridized carbons (Fsp3) is 0.368. The number of aromatic nitrogens is 1. The van der Waals surface area contributed by atoms with Crippen molar-refractivity contribution in [2.24, 2.45) is 5.92 Å². The molecule has 2 aromatic rings. The average molecular weight is 324 g/mol. The number of pyridine rings is 1. The third-order valence-corrected chi connectivity index (χ3v) is 4.29. The minimum Gasteiger partial charge on any atom is -0.368 e. The van der Waals surface area contributed by atoms with Crippen LogP contribution < -0.4 is 15.1 Å². The van der Waals surface area contributed by atoms with Gasteiger partial charge in [0.1, 0.15) is 5.82 Å². The molecular weight excluding hydrogens is 300 g/mol. The first-order valence-corrected chi connectivity index (χ1v) is 8.45. The zero-order chi connectivity index (χ0) is 16.9. The Hall–Kier alpha value is -2.56. The van der Waals surface area contributed by atoms with Gasteiger partial charge in [-0.25, -0.2) is 4.98 Å². The number of nitrogens with zero attached hydrogens (tertiary/aromatic N) is 3. The van der Waals surface area contributed by atoms with E-state index in [1.165, 1.54) is 5.69 Å². The summed E-state index contributed by atoms with van der Waals surface area (Å²) in [6, 6.07) is 14.4. The highest BCUT2D eigenvalue weighted by Crippen LogP contribution is 2.20. The Morgan fingerprint density at radius 1 is 0.958 bits per heavy atom. The summed E-state index contributed by atoms with van der Waals surface area (Å²) in [5, 5.41) is 2.82. The van der Waals surface area contributed by atoms with Crippen molar-refractivity contribution in [1.29, 1.82) is 0 Å². The van der Waals surface area contributed by atoms with E-state index >= 15 is 0 Å². The summed E-state index contributed by atoms with van der Waals surface area (Å²) in [5.74, 6) is 0.560. The van der Waals surface area contributed by atoms with Crippen molar-refractivity contribution in [3.8, 4) is 0 Å². The predicted octanol–water partition coefficient (Wildman–Crippen LogP) is 3.00. The SMILES string of the molecule is CC(C)C(=O)Nc1ccc(N2CCN(c3ccccc3)CC2)cn1. The minimum absolute atomic E-state index is 0.00766. The summed E-state index contributed by atoms with van der Waals surface area (Å²) in [6.07, 6.45) is 1.84. The molecule has 126 valence electrons. The normalized spacial score (nSPS) is 14.8. The maximum Gasteiger partial charge on any atom is 0.228 e. The molecule has 0 spiro atoms. The van der Waals surface area contributed by atoms with E-state index in [4.69, 9.17) is 0 Å². The Labute approximate surface area is 143 Å². The number of para-hydroxylation sites is 1. The van der Waals surface area contributed by atoms with Crippen molar-refractivity contribution in [1.82, 2.24) is 4.98 Å². The maximum atomic E-state index is 11.7. The highest BCUT2D eigenvalue weighted by Gasteiger charge is 2.17. The van der Waals surface area contributed by atoms with Gasteiger partial charge in [0.15, 0.2) is 0 Å². The van der Waals surface area contributed by atoms with Crippen molar-refractivity contribution in [3.63, 3.8) is 0 Å². The van der Waals surface area contributed by atoms with Crippen molar-refractivity contribution in [3.05, 3.63) is 48.7 Å². The van der Waals surface area contributed by atoms with Crippen LogP contribution in [0.2, 0.25) is 0 Å². The molecule has 3 rings (SSSR count). The fourth-order valence-corrected chi connectivity index (χ4v) is 2.78. The van der Waals surface area contributed by atoms with Gasteiger partial charge in [0.05, 0.1) is 11.9 Å². The van der Waals surface area contributed by atoms with E-state index in [0.717, 1.165) is 31.9 Å². The predicted molar refractivity (Wildman–Crippen MR) is 98.6 cm³/mol. The average Bonchev–Trinajstić information content (AvgIpc) is 2.63. The molecular formula is C19H24N4O. The van der Waals surface area contributed by atoms with Gasteiger partial charge in [-0.2, -0.15) is 0 Å². The smallest absolute Gasteiger partial charge is 0.228 e. The van der Waals surface area contributed by atoms with Crippen LogP contribution in [0.3, 0.4) is 0 Å². The summed E-state index contributed by atoms with van der Waals surface area (Å²) in [4.78, 5) is 20.8. The molecule has 1 amide bonds. The summed E-state index contributed by atoms with van der Waals surface area (Å²) >= 11 is 0. The van der Waals surface area contributed by atoms with Crippen LogP contribution >= 0.6 is 0 Å². The molecule has 5 heteroatoms. The van der Waals surface area contributed by atoms with E-state index in [1.807, 2.05) is 38.2 Å². The van der Waals surface area contributed by atoms with Crippen LogP contribution in [0.25, 0.3) is 0 Å². The van der Waals surface area contributed by atoms with E-state index in [1.54, 1.807) is 0 Å². The van der Waals surface area contributed by atoms with Crippen LogP contribution in [-0.2, 0) is 4.79 Å². The number of nitrogens with one attached hydrogen (secondary N) is 1. The molecule has 24 heavy (non-hydrogen) atoms. The molecule has 1 fully saturated rings. The Morgan fingerprint density at radius 2 is 1.58 bits per heavy atom. The van der Waals surface area contributed by atoms with E-state index < -0.39 is 0 Å². The molecule has 1 aromatic heterocycles. The summed E-state index contributed by atoms with van der Waals surface area (Å²) < 4.78 is 0. The monoisotopic (exact) mass is 324 g/mol. The lowest BCUT2D eigenvalue weighted by Gasteiger charge is -2.37. The summed E-state index contributed by atoms with van der Waals surface area (Å²) in [7, 11) is 0. The molecule has 1 aliphatic rings. The van der Waals surface area contributed by atoms with E-state index in [-0.39, 0.29) is 11.8 Å². The van der Waals surface area contributed by atoms with Crippen molar-refractivity contribution < 1.29 is 4.79 Å². The summed E-state index contributed by atoms with van der Waals surface area (Å²) in [6.45, 7) is 7.67. The van der Waals surface area contributed by atoms with Gasteiger partial charge in [0.25, 0.3) is 0 Å². The number of hydrogen-bond acceptors (Lipinski definition) is 4. The molecule has 0 aliphatic carbocycles. The minimum atomic E-state index is -0.0439. The van der Waals surface area contributed by atoms with Crippen LogP contribution in [0.4, 0.5) is 17.2 Å². The standard InChI is InChI=1S/C19H24N4O/c1-15(2)19(24)21-18-9-8-17(14-20-18)23-12-10-22(11-13-23)16-6-4-3-5-7-16/h3-9,14-15H,10-13H2,1-2H3,(H,20,21,24). The van der Waals surface area contributed by atoms with Gasteiger partial charge in [-0.3, -0.25) is 4.79 Å². The molecule has 1 N–H and O–H groups in total. The molecule has 0 radical (unpaired) electrons. The van der Waals surface area contributed by atoms with Gasteiger partial charge in [0, 0.05) is 37.8 Å². The topological polar surface area (TPSA) is 48.5 Å². The molecule has 0 bridgehead atoms. The van der Waals surface area contributed by atoms with Crippen LogP contribution in [0.15, 0.2) is 48.7 Å². The number of carbonyl (C=O) groups excluding carboxylic acids is 1. The van der Waals surface area contributed by atoms with E-state index in [9.17, 15) is 4.79 Å². The molecule has 0 saturated carbocycles. The second kappa shape index (κ2) is 7.34. The number of piperazine rings is 1. The Kier molecular flexibility index (Phi) is 4.99. The van der Waals surface area contributed by atoms with Gasteiger partial charge < -0.3 is 15.1 Å². The highest BCUT2D eigenvalue weighted by molar-refractivity contribution is 5.91. The van der Waals surface area contributed by atoms with Gasteiger partial charge in [-0.05, 0) is 24.3 Å². The first-order chi connectivity index (χ1) is 11.6. The number of benzene rings is 1. The van der Waals surface area contributed by atoms with Gasteiger partial charge in [-0.1, -0.05) is 32.0 Å².